The molecule has 1 saturated heterocycles. The molecule has 9 nitrogen and oxygen atoms in total. The lowest BCUT2D eigenvalue weighted by atomic mass is 9.78. The molecule has 2 aliphatic heterocycles. The molecule has 0 radical (unpaired) electrons. The number of nitro benzene ring substituents is 1. The zero-order valence-electron chi connectivity index (χ0n) is 19.1. The summed E-state index contributed by atoms with van der Waals surface area (Å²) < 4.78 is 25.1. The van der Waals surface area contributed by atoms with Crippen molar-refractivity contribution in [1.29, 1.82) is 0 Å². The number of nitro groups is 1. The molecule has 2 heterocycles. The summed E-state index contributed by atoms with van der Waals surface area (Å²) in [5, 5.41) is 14.1. The first-order chi connectivity index (χ1) is 16.9. The average Bonchev–Trinajstić information content (AvgIpc) is 3.50. The minimum Gasteiger partial charge on any atom is -0.486 e. The van der Waals surface area contributed by atoms with Gasteiger partial charge in [0, 0.05) is 31.0 Å². The molecular formula is C25H26FN3O6. The Balaban J connectivity index is 1.28. The minimum absolute atomic E-state index is 0.00592. The molecule has 1 saturated carbocycles. The summed E-state index contributed by atoms with van der Waals surface area (Å²) in [5.41, 5.74) is 0.390. The van der Waals surface area contributed by atoms with Crippen LogP contribution < -0.4 is 19.7 Å². The van der Waals surface area contributed by atoms with Gasteiger partial charge in [-0.05, 0) is 42.7 Å². The highest BCUT2D eigenvalue weighted by Crippen LogP contribution is 2.44. The third-order valence-electron chi connectivity index (χ3n) is 7.25. The van der Waals surface area contributed by atoms with Gasteiger partial charge in [0.1, 0.15) is 13.2 Å². The number of nitrogens with zero attached hydrogens (tertiary/aromatic N) is 2. The predicted octanol–water partition coefficient (Wildman–Crippen LogP) is 3.49. The summed E-state index contributed by atoms with van der Waals surface area (Å²) in [6.07, 6.45) is 3.98. The molecule has 2 amide bonds. The molecule has 0 bridgehead atoms. The molecule has 3 aliphatic rings. The Hall–Kier alpha value is -3.69. The van der Waals surface area contributed by atoms with E-state index in [2.05, 4.69) is 5.32 Å². The monoisotopic (exact) mass is 483 g/mol. The van der Waals surface area contributed by atoms with Crippen LogP contribution in [-0.4, -0.2) is 43.0 Å². The maximum absolute atomic E-state index is 13.7. The number of hydrogen-bond donors (Lipinski definition) is 1. The molecule has 5 rings (SSSR count). The van der Waals surface area contributed by atoms with Gasteiger partial charge in [-0.3, -0.25) is 19.7 Å². The smallest absolute Gasteiger partial charge is 0.306 e. The lowest BCUT2D eigenvalue weighted by Crippen LogP contribution is -2.42. The summed E-state index contributed by atoms with van der Waals surface area (Å²) in [7, 11) is 0. The molecule has 10 heteroatoms. The third kappa shape index (κ3) is 4.40. The molecule has 184 valence electrons. The van der Waals surface area contributed by atoms with Gasteiger partial charge in [-0.1, -0.05) is 18.9 Å². The van der Waals surface area contributed by atoms with E-state index in [4.69, 9.17) is 9.47 Å². The molecule has 1 aliphatic carbocycles. The van der Waals surface area contributed by atoms with Crippen molar-refractivity contribution in [2.45, 2.75) is 37.5 Å². The van der Waals surface area contributed by atoms with Crippen LogP contribution in [0.5, 0.6) is 11.5 Å². The minimum atomic E-state index is -0.972. The second-order valence-electron chi connectivity index (χ2n) is 9.36. The van der Waals surface area contributed by atoms with E-state index in [0.29, 0.717) is 19.8 Å². The highest BCUT2D eigenvalue weighted by atomic mass is 19.1. The zero-order valence-corrected chi connectivity index (χ0v) is 19.1. The maximum Gasteiger partial charge on any atom is 0.306 e. The van der Waals surface area contributed by atoms with E-state index in [1.54, 1.807) is 0 Å². The van der Waals surface area contributed by atoms with Crippen LogP contribution in [0.25, 0.3) is 0 Å². The quantitative estimate of drug-likeness (QED) is 0.498. The Kier molecular flexibility index (Phi) is 6.04. The number of fused-ring (bicyclic) bond motifs is 1. The summed E-state index contributed by atoms with van der Waals surface area (Å²) in [6, 6.07) is 9.27. The van der Waals surface area contributed by atoms with Gasteiger partial charge in [0.15, 0.2) is 11.5 Å². The molecule has 1 atom stereocenters. The van der Waals surface area contributed by atoms with Crippen LogP contribution in [0.15, 0.2) is 36.4 Å². The van der Waals surface area contributed by atoms with Crippen molar-refractivity contribution in [2.75, 3.05) is 31.2 Å². The van der Waals surface area contributed by atoms with Crippen molar-refractivity contribution in [3.8, 4) is 11.5 Å². The summed E-state index contributed by atoms with van der Waals surface area (Å²) in [6.45, 7) is 1.56. The van der Waals surface area contributed by atoms with Gasteiger partial charge >= 0.3 is 5.69 Å². The Morgan fingerprint density at radius 1 is 1.14 bits per heavy atom. The van der Waals surface area contributed by atoms with E-state index in [9.17, 15) is 24.1 Å². The van der Waals surface area contributed by atoms with Crippen molar-refractivity contribution < 1.29 is 28.4 Å². The lowest BCUT2D eigenvalue weighted by Gasteiger charge is -2.31. The number of halogens is 1. The van der Waals surface area contributed by atoms with Crippen LogP contribution in [-0.2, 0) is 15.0 Å². The highest BCUT2D eigenvalue weighted by Gasteiger charge is 2.40. The Labute approximate surface area is 201 Å². The van der Waals surface area contributed by atoms with Crippen LogP contribution in [0.4, 0.5) is 15.8 Å². The van der Waals surface area contributed by atoms with Gasteiger partial charge in [-0.2, -0.15) is 4.39 Å². The lowest BCUT2D eigenvalue weighted by molar-refractivity contribution is -0.387. The Bertz CT molecular complexity index is 1180. The van der Waals surface area contributed by atoms with Gasteiger partial charge in [-0.25, -0.2) is 0 Å². The fourth-order valence-electron chi connectivity index (χ4n) is 5.33. The van der Waals surface area contributed by atoms with Gasteiger partial charge in [0.25, 0.3) is 0 Å². The van der Waals surface area contributed by atoms with Crippen LogP contribution in [0, 0.1) is 21.8 Å². The Morgan fingerprint density at radius 2 is 1.89 bits per heavy atom. The van der Waals surface area contributed by atoms with Crippen LogP contribution in [0.2, 0.25) is 0 Å². The summed E-state index contributed by atoms with van der Waals surface area (Å²) in [5.74, 6) is -0.680. The first-order valence-electron chi connectivity index (χ1n) is 11.8. The molecule has 0 spiro atoms. The number of nitrogens with one attached hydrogen (secondary N) is 1. The number of hydrogen-bond acceptors (Lipinski definition) is 6. The van der Waals surface area contributed by atoms with Gasteiger partial charge in [0.2, 0.25) is 17.6 Å². The van der Waals surface area contributed by atoms with E-state index in [-0.39, 0.29) is 35.9 Å². The summed E-state index contributed by atoms with van der Waals surface area (Å²) >= 11 is 0. The zero-order chi connectivity index (χ0) is 24.6. The number of carbonyl (C=O) groups excluding carboxylic acids is 2. The van der Waals surface area contributed by atoms with E-state index < -0.39 is 22.3 Å². The fourth-order valence-corrected chi connectivity index (χ4v) is 5.33. The maximum atomic E-state index is 13.7. The molecule has 2 fully saturated rings. The number of rotatable bonds is 6. The first-order valence-corrected chi connectivity index (χ1v) is 11.8. The standard InChI is InChI=1S/C25H26FN3O6/c26-19-5-4-18(13-20(19)29(32)33)28-14-16(11-23(28)30)24(31)27-15-25(7-1-2-8-25)17-3-6-21-22(12-17)35-10-9-34-21/h3-6,12-13,16H,1-2,7-11,14-15H2,(H,27,31). The highest BCUT2D eigenvalue weighted by molar-refractivity contribution is 6.00. The van der Waals surface area contributed by atoms with Crippen molar-refractivity contribution in [3.63, 3.8) is 0 Å². The van der Waals surface area contributed by atoms with E-state index >= 15 is 0 Å². The normalized spacial score (nSPS) is 20.7. The van der Waals surface area contributed by atoms with Crippen molar-refractivity contribution in [1.82, 2.24) is 5.32 Å². The third-order valence-corrected chi connectivity index (χ3v) is 7.25. The first kappa shape index (κ1) is 23.1. The second kappa shape index (κ2) is 9.16. The SMILES string of the molecule is O=C(NCC1(c2ccc3c(c2)OCCO3)CCCC1)C1CC(=O)N(c2ccc(F)c([N+](=O)[O-])c2)C1. The second-order valence-corrected chi connectivity index (χ2v) is 9.36. The van der Waals surface area contributed by atoms with Crippen LogP contribution >= 0.6 is 0 Å². The van der Waals surface area contributed by atoms with Crippen LogP contribution in [0.1, 0.15) is 37.7 Å². The predicted molar refractivity (Wildman–Crippen MR) is 124 cm³/mol. The van der Waals surface area contributed by atoms with E-state index in [0.717, 1.165) is 54.9 Å². The number of anilines is 1. The van der Waals surface area contributed by atoms with Crippen LogP contribution in [0.3, 0.4) is 0 Å². The summed E-state index contributed by atoms with van der Waals surface area (Å²) in [4.78, 5) is 37.2. The van der Waals surface area contributed by atoms with E-state index in [1.165, 1.54) is 11.0 Å². The number of ether oxygens (including phenoxy) is 2. The largest absolute Gasteiger partial charge is 0.486 e. The van der Waals surface area contributed by atoms with Crippen molar-refractivity contribution in [2.24, 2.45) is 5.92 Å². The van der Waals surface area contributed by atoms with Gasteiger partial charge in [0.05, 0.1) is 16.5 Å². The Morgan fingerprint density at radius 3 is 2.63 bits per heavy atom. The van der Waals surface area contributed by atoms with E-state index in [1.807, 2.05) is 18.2 Å². The molecule has 2 aromatic carbocycles. The number of benzene rings is 2. The molecule has 35 heavy (non-hydrogen) atoms. The van der Waals surface area contributed by atoms with Gasteiger partial charge in [-0.15, -0.1) is 0 Å². The fraction of sp³-hybridized carbons (Fsp3) is 0.440. The average molecular weight is 483 g/mol. The topological polar surface area (TPSA) is 111 Å². The number of amides is 2. The van der Waals surface area contributed by atoms with Crippen molar-refractivity contribution >= 4 is 23.2 Å². The number of carbonyl (C=O) groups is 2. The molecule has 2 aromatic rings. The molecule has 0 aromatic heterocycles. The molecule has 1 N–H and O–H groups in total. The van der Waals surface area contributed by atoms with Gasteiger partial charge < -0.3 is 19.7 Å². The molecular weight excluding hydrogens is 457 g/mol. The molecule has 1 unspecified atom stereocenters. The van der Waals surface area contributed by atoms with Crippen molar-refractivity contribution in [3.05, 3.63) is 57.9 Å².